The Balaban J connectivity index is 1.27. The topological polar surface area (TPSA) is 71.3 Å². The fraction of sp³-hybridized carbons (Fsp3) is 0.318. The Labute approximate surface area is 187 Å². The molecule has 1 amide bonds. The van der Waals surface area contributed by atoms with Crippen LogP contribution in [0, 0.1) is 5.92 Å². The van der Waals surface area contributed by atoms with Gasteiger partial charge in [-0.15, -0.1) is 0 Å². The zero-order valence-electron chi connectivity index (χ0n) is 16.9. The highest BCUT2D eigenvalue weighted by atomic mass is 35.5. The quantitative estimate of drug-likeness (QED) is 0.557. The summed E-state index contributed by atoms with van der Waals surface area (Å²) in [5, 5.41) is 7.34. The van der Waals surface area contributed by atoms with E-state index in [2.05, 4.69) is 20.4 Å². The predicted molar refractivity (Wildman–Crippen MR) is 113 cm³/mol. The summed E-state index contributed by atoms with van der Waals surface area (Å²) in [7, 11) is 0. The summed E-state index contributed by atoms with van der Waals surface area (Å²) in [6.45, 7) is 1.82. The predicted octanol–water partition coefficient (Wildman–Crippen LogP) is 5.26. The third-order valence-corrected chi connectivity index (χ3v) is 5.62. The number of aromatic nitrogens is 2. The third-order valence-electron chi connectivity index (χ3n) is 5.37. The first kappa shape index (κ1) is 22.3. The molecule has 0 saturated carbocycles. The zero-order chi connectivity index (χ0) is 22.7. The van der Waals surface area contributed by atoms with Crippen LogP contribution in [-0.2, 0) is 17.5 Å². The number of carbonyl (C=O) groups is 1. The molecule has 1 aliphatic rings. The Morgan fingerprint density at radius 2 is 1.75 bits per heavy atom. The Kier molecular flexibility index (Phi) is 6.48. The Hall–Kier alpha value is -2.91. The van der Waals surface area contributed by atoms with Crippen molar-refractivity contribution in [3.05, 3.63) is 65.0 Å². The molecule has 0 unspecified atom stereocenters. The maximum atomic E-state index is 12.7. The number of carbonyl (C=O) groups excluding carboxylic acids is 1. The number of amides is 1. The van der Waals surface area contributed by atoms with Crippen LogP contribution in [0.4, 0.5) is 18.9 Å². The monoisotopic (exact) mass is 464 g/mol. The van der Waals surface area contributed by atoms with Gasteiger partial charge in [-0.1, -0.05) is 16.8 Å². The summed E-state index contributed by atoms with van der Waals surface area (Å²) in [6.07, 6.45) is -3.14. The molecule has 10 heteroatoms. The Morgan fingerprint density at radius 3 is 2.38 bits per heavy atom. The van der Waals surface area contributed by atoms with Gasteiger partial charge in [-0.25, -0.2) is 0 Å². The second-order valence-electron chi connectivity index (χ2n) is 7.63. The lowest BCUT2D eigenvalue weighted by molar-refractivity contribution is -0.137. The average Bonchev–Trinajstić information content (AvgIpc) is 3.23. The average molecular weight is 465 g/mol. The zero-order valence-corrected chi connectivity index (χ0v) is 17.7. The molecule has 168 valence electrons. The van der Waals surface area contributed by atoms with Crippen LogP contribution in [0.3, 0.4) is 0 Å². The number of likely N-dealkylation sites (tertiary alicyclic amines) is 1. The molecule has 6 nitrogen and oxygen atoms in total. The summed E-state index contributed by atoms with van der Waals surface area (Å²) in [6, 6.07) is 11.6. The number of benzene rings is 2. The van der Waals surface area contributed by atoms with E-state index in [0.29, 0.717) is 54.9 Å². The van der Waals surface area contributed by atoms with Crippen LogP contribution in [0.1, 0.15) is 24.3 Å². The summed E-state index contributed by atoms with van der Waals surface area (Å²) < 4.78 is 43.3. The molecule has 0 atom stereocenters. The lowest BCUT2D eigenvalue weighted by atomic mass is 9.96. The molecule has 3 aromatic rings. The molecule has 1 aromatic heterocycles. The van der Waals surface area contributed by atoms with E-state index in [9.17, 15) is 18.0 Å². The number of nitrogens with zero attached hydrogens (tertiary/aromatic N) is 3. The normalized spacial score (nSPS) is 15.6. The van der Waals surface area contributed by atoms with E-state index < -0.39 is 11.7 Å². The minimum atomic E-state index is -4.40. The standard InChI is InChI=1S/C22H20ClF3N4O2/c23-17-5-1-14(2-6-17)20-28-19(32-29-20)13-30-11-9-15(10-12-30)21(31)27-18-7-3-16(4-8-18)22(24,25)26/h1-8,15H,9-13H2,(H,27,31). The molecule has 1 fully saturated rings. The molecule has 2 heterocycles. The maximum absolute atomic E-state index is 12.7. The van der Waals surface area contributed by atoms with Gasteiger partial charge in [0.25, 0.3) is 0 Å². The van der Waals surface area contributed by atoms with E-state index in [1.54, 1.807) is 12.1 Å². The van der Waals surface area contributed by atoms with Gasteiger partial charge in [0.15, 0.2) is 0 Å². The van der Waals surface area contributed by atoms with Gasteiger partial charge in [-0.05, 0) is 74.5 Å². The van der Waals surface area contributed by atoms with Crippen molar-refractivity contribution in [3.8, 4) is 11.4 Å². The highest BCUT2D eigenvalue weighted by molar-refractivity contribution is 6.30. The third kappa shape index (κ3) is 5.46. The van der Waals surface area contributed by atoms with Crippen molar-refractivity contribution >= 4 is 23.2 Å². The van der Waals surface area contributed by atoms with Gasteiger partial charge in [0.2, 0.25) is 17.6 Å². The SMILES string of the molecule is O=C(Nc1ccc(C(F)(F)F)cc1)C1CCN(Cc2nc(-c3ccc(Cl)cc3)no2)CC1. The number of alkyl halides is 3. The number of rotatable bonds is 5. The fourth-order valence-electron chi connectivity index (χ4n) is 3.57. The first-order valence-corrected chi connectivity index (χ1v) is 10.4. The molecule has 0 radical (unpaired) electrons. The van der Waals surface area contributed by atoms with E-state index in [-0.39, 0.29) is 11.8 Å². The fourth-order valence-corrected chi connectivity index (χ4v) is 3.69. The molecule has 2 aromatic carbocycles. The van der Waals surface area contributed by atoms with Gasteiger partial charge in [-0.2, -0.15) is 18.2 Å². The number of anilines is 1. The molecule has 0 spiro atoms. The molecule has 1 aliphatic heterocycles. The minimum Gasteiger partial charge on any atom is -0.338 e. The van der Waals surface area contributed by atoms with Crippen molar-refractivity contribution in [2.45, 2.75) is 25.6 Å². The van der Waals surface area contributed by atoms with Crippen LogP contribution in [-0.4, -0.2) is 34.0 Å². The van der Waals surface area contributed by atoms with Crippen LogP contribution >= 0.6 is 11.6 Å². The lowest BCUT2D eigenvalue weighted by Gasteiger charge is -2.30. The van der Waals surface area contributed by atoms with Crippen molar-refractivity contribution in [3.63, 3.8) is 0 Å². The van der Waals surface area contributed by atoms with Crippen molar-refractivity contribution in [2.75, 3.05) is 18.4 Å². The maximum Gasteiger partial charge on any atom is 0.416 e. The number of piperidine rings is 1. The van der Waals surface area contributed by atoms with E-state index in [1.165, 1.54) is 12.1 Å². The number of halogens is 4. The highest BCUT2D eigenvalue weighted by Gasteiger charge is 2.30. The molecule has 1 saturated heterocycles. The Morgan fingerprint density at radius 1 is 1.09 bits per heavy atom. The van der Waals surface area contributed by atoms with Crippen LogP contribution < -0.4 is 5.32 Å². The molecule has 32 heavy (non-hydrogen) atoms. The van der Waals surface area contributed by atoms with Gasteiger partial charge in [0, 0.05) is 22.2 Å². The molecule has 4 rings (SSSR count). The van der Waals surface area contributed by atoms with Crippen LogP contribution in [0.5, 0.6) is 0 Å². The minimum absolute atomic E-state index is 0.188. The van der Waals surface area contributed by atoms with Crippen molar-refractivity contribution in [1.29, 1.82) is 0 Å². The van der Waals surface area contributed by atoms with E-state index >= 15 is 0 Å². The molecule has 0 bridgehead atoms. The van der Waals surface area contributed by atoms with Gasteiger partial charge < -0.3 is 9.84 Å². The smallest absolute Gasteiger partial charge is 0.338 e. The Bertz CT molecular complexity index is 1060. The van der Waals surface area contributed by atoms with Gasteiger partial charge in [0.05, 0.1) is 12.1 Å². The number of nitrogens with one attached hydrogen (secondary N) is 1. The number of hydrogen-bond donors (Lipinski definition) is 1. The van der Waals surface area contributed by atoms with Crippen molar-refractivity contribution in [2.24, 2.45) is 5.92 Å². The molecular weight excluding hydrogens is 445 g/mol. The summed E-state index contributed by atoms with van der Waals surface area (Å²) in [5.41, 5.74) is 0.415. The largest absolute Gasteiger partial charge is 0.416 e. The highest BCUT2D eigenvalue weighted by Crippen LogP contribution is 2.30. The van der Waals surface area contributed by atoms with Crippen molar-refractivity contribution in [1.82, 2.24) is 15.0 Å². The van der Waals surface area contributed by atoms with E-state index in [1.807, 2.05) is 12.1 Å². The second kappa shape index (κ2) is 9.30. The molecule has 0 aliphatic carbocycles. The van der Waals surface area contributed by atoms with Crippen LogP contribution in [0.25, 0.3) is 11.4 Å². The molecule has 1 N–H and O–H groups in total. The second-order valence-corrected chi connectivity index (χ2v) is 8.07. The van der Waals surface area contributed by atoms with E-state index in [0.717, 1.165) is 17.7 Å². The van der Waals surface area contributed by atoms with Gasteiger partial charge in [0.1, 0.15) is 0 Å². The first-order valence-electron chi connectivity index (χ1n) is 10.1. The number of hydrogen-bond acceptors (Lipinski definition) is 5. The summed E-state index contributed by atoms with van der Waals surface area (Å²) >= 11 is 5.89. The van der Waals surface area contributed by atoms with E-state index in [4.69, 9.17) is 16.1 Å². The lowest BCUT2D eigenvalue weighted by Crippen LogP contribution is -2.37. The summed E-state index contributed by atoms with van der Waals surface area (Å²) in [5.74, 6) is 0.582. The van der Waals surface area contributed by atoms with Crippen molar-refractivity contribution < 1.29 is 22.5 Å². The van der Waals surface area contributed by atoms with Crippen LogP contribution in [0.2, 0.25) is 5.02 Å². The van der Waals surface area contributed by atoms with Gasteiger partial charge >= 0.3 is 6.18 Å². The van der Waals surface area contributed by atoms with Gasteiger partial charge in [-0.3, -0.25) is 9.69 Å². The van der Waals surface area contributed by atoms with Crippen LogP contribution in [0.15, 0.2) is 53.1 Å². The summed E-state index contributed by atoms with van der Waals surface area (Å²) in [4.78, 5) is 19.0. The first-order chi connectivity index (χ1) is 15.3. The molecular formula is C22H20ClF3N4O2.